The summed E-state index contributed by atoms with van der Waals surface area (Å²) in [6, 6.07) is 3.02. The van der Waals surface area contributed by atoms with Crippen LogP contribution in [0.15, 0.2) is 11.4 Å². The molecular weight excluding hydrogens is 294 g/mol. The largest absolute Gasteiger partial charge is 0.411 e. The summed E-state index contributed by atoms with van der Waals surface area (Å²) in [6.45, 7) is 14.0. The van der Waals surface area contributed by atoms with Gasteiger partial charge in [0, 0.05) is 24.0 Å². The molecule has 3 rings (SSSR count). The molecule has 1 aliphatic heterocycles. The van der Waals surface area contributed by atoms with Crippen molar-refractivity contribution in [2.45, 2.75) is 70.3 Å². The predicted molar refractivity (Wildman–Crippen MR) is 93.6 cm³/mol. The van der Waals surface area contributed by atoms with E-state index in [4.69, 9.17) is 4.43 Å². The first kappa shape index (κ1) is 15.7. The lowest BCUT2D eigenvalue weighted by molar-refractivity contribution is -0.0217. The minimum atomic E-state index is -1.60. The fourth-order valence-corrected chi connectivity index (χ4v) is 5.55. The summed E-state index contributed by atoms with van der Waals surface area (Å²) in [6.07, 6.45) is 4.44. The molecule has 1 unspecified atom stereocenters. The highest BCUT2D eigenvalue weighted by Gasteiger charge is 2.43. The van der Waals surface area contributed by atoms with Crippen LogP contribution in [0.3, 0.4) is 0 Å². The molecule has 2 heterocycles. The van der Waals surface area contributed by atoms with Crippen molar-refractivity contribution in [3.05, 3.63) is 21.9 Å². The second-order valence-corrected chi connectivity index (χ2v) is 13.9. The third-order valence-electron chi connectivity index (χ3n) is 5.60. The molecule has 1 fully saturated rings. The SMILES string of the molecule is CC(C)(C)[Si](C)(C)OC1CN(C2CCCc3sccc32)C1. The van der Waals surface area contributed by atoms with Crippen molar-refractivity contribution in [1.29, 1.82) is 0 Å². The molecule has 2 aliphatic rings. The lowest BCUT2D eigenvalue weighted by atomic mass is 9.90. The van der Waals surface area contributed by atoms with E-state index in [0.717, 1.165) is 13.1 Å². The first-order chi connectivity index (χ1) is 9.78. The highest BCUT2D eigenvalue weighted by atomic mass is 32.1. The number of hydrogen-bond acceptors (Lipinski definition) is 3. The summed E-state index contributed by atoms with van der Waals surface area (Å²) in [4.78, 5) is 4.27. The van der Waals surface area contributed by atoms with Crippen LogP contribution in [0.1, 0.15) is 50.1 Å². The Kier molecular flexibility index (Phi) is 4.10. The van der Waals surface area contributed by atoms with Gasteiger partial charge in [0.05, 0.1) is 6.10 Å². The van der Waals surface area contributed by atoms with Crippen molar-refractivity contribution in [3.8, 4) is 0 Å². The Morgan fingerprint density at radius 1 is 1.29 bits per heavy atom. The topological polar surface area (TPSA) is 12.5 Å². The van der Waals surface area contributed by atoms with Gasteiger partial charge in [0.1, 0.15) is 0 Å². The number of nitrogens with zero attached hydrogens (tertiary/aromatic N) is 1. The average molecular weight is 324 g/mol. The van der Waals surface area contributed by atoms with E-state index in [9.17, 15) is 0 Å². The van der Waals surface area contributed by atoms with E-state index >= 15 is 0 Å². The van der Waals surface area contributed by atoms with Gasteiger partial charge in [-0.15, -0.1) is 11.3 Å². The fourth-order valence-electron chi connectivity index (χ4n) is 3.23. The molecule has 0 amide bonds. The minimum Gasteiger partial charge on any atom is -0.411 e. The molecule has 4 heteroatoms. The van der Waals surface area contributed by atoms with Gasteiger partial charge >= 0.3 is 0 Å². The number of rotatable bonds is 3. The third kappa shape index (κ3) is 3.00. The van der Waals surface area contributed by atoms with Gasteiger partial charge in [-0.05, 0) is 54.4 Å². The van der Waals surface area contributed by atoms with E-state index in [-0.39, 0.29) is 0 Å². The molecule has 0 saturated carbocycles. The maximum absolute atomic E-state index is 6.53. The zero-order chi connectivity index (χ0) is 15.3. The van der Waals surface area contributed by atoms with E-state index in [2.05, 4.69) is 50.2 Å². The molecule has 2 nitrogen and oxygen atoms in total. The Morgan fingerprint density at radius 3 is 2.67 bits per heavy atom. The van der Waals surface area contributed by atoms with Crippen molar-refractivity contribution in [2.24, 2.45) is 0 Å². The van der Waals surface area contributed by atoms with Crippen LogP contribution in [0.4, 0.5) is 0 Å². The zero-order valence-electron chi connectivity index (χ0n) is 14.1. The minimum absolute atomic E-state index is 0.318. The highest BCUT2D eigenvalue weighted by molar-refractivity contribution is 7.10. The maximum Gasteiger partial charge on any atom is 0.192 e. The summed E-state index contributed by atoms with van der Waals surface area (Å²) in [5, 5.41) is 2.59. The van der Waals surface area contributed by atoms with Gasteiger partial charge in [0.25, 0.3) is 0 Å². The molecule has 1 aromatic heterocycles. The summed E-state index contributed by atoms with van der Waals surface area (Å²) in [5.41, 5.74) is 1.61. The summed E-state index contributed by atoms with van der Waals surface area (Å²) in [5.74, 6) is 0. The molecule has 1 aliphatic carbocycles. The van der Waals surface area contributed by atoms with Crippen LogP contribution < -0.4 is 0 Å². The number of fused-ring (bicyclic) bond motifs is 1. The predicted octanol–water partition coefficient (Wildman–Crippen LogP) is 4.83. The van der Waals surface area contributed by atoms with E-state index in [1.165, 1.54) is 19.3 Å². The quantitative estimate of drug-likeness (QED) is 0.739. The van der Waals surface area contributed by atoms with Crippen LogP contribution in [0.25, 0.3) is 0 Å². The van der Waals surface area contributed by atoms with E-state index in [0.29, 0.717) is 17.2 Å². The molecule has 1 atom stereocenters. The van der Waals surface area contributed by atoms with Gasteiger partial charge in [0.15, 0.2) is 8.32 Å². The molecule has 0 spiro atoms. The monoisotopic (exact) mass is 323 g/mol. The average Bonchev–Trinajstić information content (AvgIpc) is 2.80. The molecule has 0 N–H and O–H groups in total. The second-order valence-electron chi connectivity index (χ2n) is 8.16. The van der Waals surface area contributed by atoms with Gasteiger partial charge in [-0.3, -0.25) is 4.90 Å². The van der Waals surface area contributed by atoms with Gasteiger partial charge in [-0.1, -0.05) is 20.8 Å². The normalized spacial score (nSPS) is 24.7. The molecular formula is C17H29NOSSi. The summed E-state index contributed by atoms with van der Waals surface area (Å²) < 4.78 is 6.53. The number of hydrogen-bond donors (Lipinski definition) is 0. The Morgan fingerprint density at radius 2 is 2.00 bits per heavy atom. The molecule has 0 aromatic carbocycles. The Hall–Kier alpha value is -0.163. The molecule has 0 radical (unpaired) electrons. The van der Waals surface area contributed by atoms with Crippen molar-refractivity contribution >= 4 is 19.7 Å². The molecule has 21 heavy (non-hydrogen) atoms. The Bertz CT molecular complexity index is 499. The fraction of sp³-hybridized carbons (Fsp3) is 0.765. The number of likely N-dealkylation sites (tertiary alicyclic amines) is 1. The highest BCUT2D eigenvalue weighted by Crippen LogP contribution is 2.42. The smallest absolute Gasteiger partial charge is 0.192 e. The van der Waals surface area contributed by atoms with E-state index < -0.39 is 8.32 Å². The van der Waals surface area contributed by atoms with Crippen LogP contribution in [-0.2, 0) is 10.8 Å². The van der Waals surface area contributed by atoms with Crippen molar-refractivity contribution in [3.63, 3.8) is 0 Å². The van der Waals surface area contributed by atoms with Crippen LogP contribution in [-0.4, -0.2) is 32.4 Å². The second kappa shape index (κ2) is 5.48. The van der Waals surface area contributed by atoms with Crippen LogP contribution in [0, 0.1) is 0 Å². The third-order valence-corrected chi connectivity index (χ3v) is 11.1. The number of thiophene rings is 1. The van der Waals surface area contributed by atoms with Crippen LogP contribution in [0.5, 0.6) is 0 Å². The lowest BCUT2D eigenvalue weighted by Crippen LogP contribution is -2.58. The van der Waals surface area contributed by atoms with Gasteiger partial charge in [-0.25, -0.2) is 0 Å². The first-order valence-corrected chi connectivity index (χ1v) is 12.0. The summed E-state index contributed by atoms with van der Waals surface area (Å²) in [7, 11) is -1.60. The Balaban J connectivity index is 1.58. The van der Waals surface area contributed by atoms with Crippen molar-refractivity contribution in [1.82, 2.24) is 4.90 Å². The molecule has 1 aromatic rings. The van der Waals surface area contributed by atoms with Gasteiger partial charge in [0.2, 0.25) is 0 Å². The number of aryl methyl sites for hydroxylation is 1. The molecule has 1 saturated heterocycles. The van der Waals surface area contributed by atoms with Crippen LogP contribution in [0.2, 0.25) is 18.1 Å². The zero-order valence-corrected chi connectivity index (χ0v) is 15.9. The molecule has 118 valence electrons. The van der Waals surface area contributed by atoms with E-state index in [1.54, 1.807) is 10.4 Å². The standard InChI is InChI=1S/C17H29NOSSi/c1-17(2,3)21(4,5)19-13-11-18(12-13)15-7-6-8-16-14(15)9-10-20-16/h9-10,13,15H,6-8,11-12H2,1-5H3. The lowest BCUT2D eigenvalue weighted by Gasteiger charge is -2.49. The van der Waals surface area contributed by atoms with Gasteiger partial charge < -0.3 is 4.43 Å². The van der Waals surface area contributed by atoms with Gasteiger partial charge in [-0.2, -0.15) is 0 Å². The molecule has 0 bridgehead atoms. The van der Waals surface area contributed by atoms with Crippen molar-refractivity contribution in [2.75, 3.05) is 13.1 Å². The van der Waals surface area contributed by atoms with Crippen molar-refractivity contribution < 1.29 is 4.43 Å². The first-order valence-electron chi connectivity index (χ1n) is 8.26. The Labute approximate surface area is 134 Å². The maximum atomic E-state index is 6.53. The van der Waals surface area contributed by atoms with Crippen LogP contribution >= 0.6 is 11.3 Å². The summed E-state index contributed by atoms with van der Waals surface area (Å²) >= 11 is 1.94. The van der Waals surface area contributed by atoms with E-state index in [1.807, 2.05) is 11.3 Å².